The van der Waals surface area contributed by atoms with Crippen LogP contribution in [0.2, 0.25) is 0 Å². The van der Waals surface area contributed by atoms with Crippen molar-refractivity contribution in [1.82, 2.24) is 10.6 Å². The van der Waals surface area contributed by atoms with E-state index in [1.54, 1.807) is 6.92 Å². The van der Waals surface area contributed by atoms with Crippen LogP contribution in [0.15, 0.2) is 0 Å². The number of aliphatic hydroxyl groups excluding tert-OH is 7. The van der Waals surface area contributed by atoms with Crippen LogP contribution in [-0.4, -0.2) is 147 Å². The van der Waals surface area contributed by atoms with Gasteiger partial charge in [0.05, 0.1) is 32.0 Å². The second-order valence-electron chi connectivity index (χ2n) is 12.7. The molecule has 0 aromatic carbocycles. The van der Waals surface area contributed by atoms with Crippen molar-refractivity contribution in [2.45, 2.75) is 133 Å². The maximum Gasteiger partial charge on any atom is 0.220 e. The molecule has 0 aromatic heterocycles. The Morgan fingerprint density at radius 3 is 2.12 bits per heavy atom. The van der Waals surface area contributed by atoms with E-state index in [1.165, 1.54) is 0 Å². The standard InChI is InChI=1S/C32H56N2O14/c1-3-33-24(38)9-5-4-7-20(36)16-19(21(37)8-6-13-47-32-31(45)30(44)28(42)23(17-35)48-32)10-11-25(39)34-12-14-46-22-15-18(2)26(40)29(43)27(22)41/h18-19,22-23,26-32,35,40-45H,3-17H2,1-2H3,(H,33,38)(H,34,39)/t18-,19?,22-,23-,26-,27-,28-,29-,30+,31+,32+/m1/s1. The summed E-state index contributed by atoms with van der Waals surface area (Å²) in [4.78, 5) is 50.2. The molecule has 16 nitrogen and oxygen atoms in total. The summed E-state index contributed by atoms with van der Waals surface area (Å²) in [6.07, 6.45) is -9.53. The molecular weight excluding hydrogens is 636 g/mol. The third-order valence-electron chi connectivity index (χ3n) is 8.85. The van der Waals surface area contributed by atoms with E-state index in [4.69, 9.17) is 14.2 Å². The van der Waals surface area contributed by atoms with Gasteiger partial charge in [-0.15, -0.1) is 0 Å². The Balaban J connectivity index is 1.84. The predicted molar refractivity (Wildman–Crippen MR) is 168 cm³/mol. The number of rotatable bonds is 22. The molecule has 1 saturated heterocycles. The molecule has 1 saturated carbocycles. The number of hydrogen-bond acceptors (Lipinski definition) is 14. The molecule has 11 atom stereocenters. The highest BCUT2D eigenvalue weighted by atomic mass is 16.7. The monoisotopic (exact) mass is 692 g/mol. The van der Waals surface area contributed by atoms with Crippen molar-refractivity contribution in [2.75, 3.05) is 32.9 Å². The average molecular weight is 693 g/mol. The lowest BCUT2D eigenvalue weighted by molar-refractivity contribution is -0.301. The number of carbonyl (C=O) groups excluding carboxylic acids is 4. The van der Waals surface area contributed by atoms with Gasteiger partial charge in [-0.05, 0) is 44.9 Å². The molecule has 1 unspecified atom stereocenters. The van der Waals surface area contributed by atoms with E-state index in [9.17, 15) is 54.9 Å². The smallest absolute Gasteiger partial charge is 0.220 e. The molecule has 48 heavy (non-hydrogen) atoms. The predicted octanol–water partition coefficient (Wildman–Crippen LogP) is -2.17. The van der Waals surface area contributed by atoms with E-state index in [2.05, 4.69) is 10.6 Å². The minimum atomic E-state index is -1.60. The van der Waals surface area contributed by atoms with E-state index in [0.29, 0.717) is 32.2 Å². The molecule has 2 amide bonds. The second kappa shape index (κ2) is 21.9. The van der Waals surface area contributed by atoms with E-state index in [1.807, 2.05) is 6.92 Å². The van der Waals surface area contributed by atoms with Crippen LogP contribution in [-0.2, 0) is 33.4 Å². The van der Waals surface area contributed by atoms with Gasteiger partial charge in [0, 0.05) is 51.1 Å². The van der Waals surface area contributed by atoms with Gasteiger partial charge in [0.1, 0.15) is 48.2 Å². The Labute approximate surface area is 281 Å². The van der Waals surface area contributed by atoms with Crippen molar-refractivity contribution in [3.05, 3.63) is 0 Å². The summed E-state index contributed by atoms with van der Waals surface area (Å²) in [5.41, 5.74) is 0. The zero-order valence-corrected chi connectivity index (χ0v) is 27.9. The first-order valence-corrected chi connectivity index (χ1v) is 17.0. The summed E-state index contributed by atoms with van der Waals surface area (Å²) in [7, 11) is 0. The molecule has 2 aliphatic rings. The SMILES string of the molecule is CCNC(=O)CCCCC(=O)CC(CCC(=O)NCCO[C@@H]1C[C@@H](C)[C@@H](O)[C@@H](O)[C@@H]1O)C(=O)CCCO[C@H]1O[C@H](CO)[C@@H](O)[C@H](O)[C@@H]1O. The number of amides is 2. The van der Waals surface area contributed by atoms with Crippen molar-refractivity contribution >= 4 is 23.4 Å². The summed E-state index contributed by atoms with van der Waals surface area (Å²) in [5.74, 6) is -1.92. The fraction of sp³-hybridized carbons (Fsp3) is 0.875. The van der Waals surface area contributed by atoms with Crippen molar-refractivity contribution in [3.63, 3.8) is 0 Å². The first kappa shape index (κ1) is 42.0. The van der Waals surface area contributed by atoms with E-state index < -0.39 is 67.6 Å². The number of carbonyl (C=O) groups is 4. The lowest BCUT2D eigenvalue weighted by Crippen LogP contribution is -2.59. The Morgan fingerprint density at radius 1 is 0.771 bits per heavy atom. The number of ketones is 2. The maximum absolute atomic E-state index is 13.2. The topological polar surface area (TPSA) is 262 Å². The minimum absolute atomic E-state index is 0.00922. The number of Topliss-reactive ketones (excluding diaryl/α,β-unsaturated/α-hetero) is 2. The Hall–Kier alpha value is -2.12. The number of ether oxygens (including phenoxy) is 3. The quantitative estimate of drug-likeness (QED) is 0.0547. The van der Waals surface area contributed by atoms with Gasteiger partial charge in [0.2, 0.25) is 11.8 Å². The lowest BCUT2D eigenvalue weighted by Gasteiger charge is -2.39. The molecule has 0 spiro atoms. The summed E-state index contributed by atoms with van der Waals surface area (Å²) in [6, 6.07) is 0. The molecule has 0 radical (unpaired) electrons. The molecule has 2 fully saturated rings. The van der Waals surface area contributed by atoms with Crippen LogP contribution in [0.5, 0.6) is 0 Å². The summed E-state index contributed by atoms with van der Waals surface area (Å²) >= 11 is 0. The van der Waals surface area contributed by atoms with Crippen LogP contribution in [0.1, 0.15) is 78.1 Å². The van der Waals surface area contributed by atoms with Crippen molar-refractivity contribution < 1.29 is 69.1 Å². The molecule has 1 aliphatic heterocycles. The zero-order chi connectivity index (χ0) is 35.8. The van der Waals surface area contributed by atoms with Gasteiger partial charge < -0.3 is 60.6 Å². The fourth-order valence-corrected chi connectivity index (χ4v) is 5.87. The zero-order valence-electron chi connectivity index (χ0n) is 27.9. The van der Waals surface area contributed by atoms with Gasteiger partial charge >= 0.3 is 0 Å². The molecular formula is C32H56N2O14. The number of nitrogens with one attached hydrogen (secondary N) is 2. The highest BCUT2D eigenvalue weighted by molar-refractivity contribution is 5.88. The summed E-state index contributed by atoms with van der Waals surface area (Å²) < 4.78 is 16.4. The Morgan fingerprint density at radius 2 is 1.44 bits per heavy atom. The minimum Gasteiger partial charge on any atom is -0.394 e. The summed E-state index contributed by atoms with van der Waals surface area (Å²) in [6.45, 7) is 3.55. The first-order valence-electron chi connectivity index (χ1n) is 17.0. The van der Waals surface area contributed by atoms with Gasteiger partial charge in [-0.2, -0.15) is 0 Å². The van der Waals surface area contributed by atoms with Crippen LogP contribution in [0.4, 0.5) is 0 Å². The van der Waals surface area contributed by atoms with Gasteiger partial charge in [-0.3, -0.25) is 19.2 Å². The molecule has 2 rings (SSSR count). The third-order valence-corrected chi connectivity index (χ3v) is 8.85. The van der Waals surface area contributed by atoms with E-state index in [-0.39, 0.29) is 87.6 Å². The maximum atomic E-state index is 13.2. The molecule has 0 aromatic rings. The van der Waals surface area contributed by atoms with Crippen molar-refractivity contribution in [1.29, 1.82) is 0 Å². The molecule has 16 heteroatoms. The molecule has 278 valence electrons. The van der Waals surface area contributed by atoms with Crippen molar-refractivity contribution in [3.8, 4) is 0 Å². The lowest BCUT2D eigenvalue weighted by atomic mass is 9.82. The Kier molecular flexibility index (Phi) is 19.1. The van der Waals surface area contributed by atoms with Gasteiger partial charge in [0.15, 0.2) is 6.29 Å². The number of hydrogen-bond donors (Lipinski definition) is 9. The van der Waals surface area contributed by atoms with Crippen LogP contribution < -0.4 is 10.6 Å². The molecule has 9 N–H and O–H groups in total. The highest BCUT2D eigenvalue weighted by Gasteiger charge is 2.44. The third kappa shape index (κ3) is 13.7. The van der Waals surface area contributed by atoms with Crippen LogP contribution in [0, 0.1) is 11.8 Å². The largest absolute Gasteiger partial charge is 0.394 e. The molecule has 1 heterocycles. The highest BCUT2D eigenvalue weighted by Crippen LogP contribution is 2.27. The van der Waals surface area contributed by atoms with E-state index >= 15 is 0 Å². The summed E-state index contributed by atoms with van der Waals surface area (Å²) in [5, 5.41) is 74.7. The van der Waals surface area contributed by atoms with Gasteiger partial charge in [-0.1, -0.05) is 6.92 Å². The molecule has 0 bridgehead atoms. The fourth-order valence-electron chi connectivity index (χ4n) is 5.87. The average Bonchev–Trinajstić information content (AvgIpc) is 3.06. The first-order chi connectivity index (χ1) is 22.8. The Bertz CT molecular complexity index is 1000. The van der Waals surface area contributed by atoms with Gasteiger partial charge in [-0.25, -0.2) is 0 Å². The van der Waals surface area contributed by atoms with Crippen LogP contribution in [0.25, 0.3) is 0 Å². The van der Waals surface area contributed by atoms with E-state index in [0.717, 1.165) is 0 Å². The molecule has 1 aliphatic carbocycles. The number of aliphatic hydroxyl groups is 7. The van der Waals surface area contributed by atoms with Crippen molar-refractivity contribution in [2.24, 2.45) is 11.8 Å². The normalized spacial score (nSPS) is 31.2. The van der Waals surface area contributed by atoms with Crippen LogP contribution >= 0.6 is 0 Å². The van der Waals surface area contributed by atoms with Gasteiger partial charge in [0.25, 0.3) is 0 Å². The second-order valence-corrected chi connectivity index (χ2v) is 12.7. The van der Waals surface area contributed by atoms with Crippen LogP contribution in [0.3, 0.4) is 0 Å². The number of unbranched alkanes of at least 4 members (excludes halogenated alkanes) is 1.